The fourth-order valence-corrected chi connectivity index (χ4v) is 2.56. The minimum absolute atomic E-state index is 0.00259. The summed E-state index contributed by atoms with van der Waals surface area (Å²) in [6, 6.07) is 0. The number of halogens is 1. The number of rotatable bonds is 4. The number of carbonyl (C=O) groups is 1. The van der Waals surface area contributed by atoms with Crippen molar-refractivity contribution in [2.45, 2.75) is 52.6 Å². The van der Waals surface area contributed by atoms with Crippen LogP contribution in [0.15, 0.2) is 0 Å². The Morgan fingerprint density at radius 1 is 1.44 bits per heavy atom. The van der Waals surface area contributed by atoms with Crippen LogP contribution in [0.2, 0.25) is 0 Å². The molecule has 94 valence electrons. The molecule has 1 fully saturated rings. The normalized spacial score (nSPS) is 30.4. The second-order valence-electron chi connectivity index (χ2n) is 5.29. The molecule has 0 aromatic heterocycles. The van der Waals surface area contributed by atoms with Crippen LogP contribution < -0.4 is 0 Å². The van der Waals surface area contributed by atoms with Crippen molar-refractivity contribution in [1.29, 1.82) is 0 Å². The predicted octanol–water partition coefficient (Wildman–Crippen LogP) is 3.35. The molecule has 3 atom stereocenters. The maximum Gasteiger partial charge on any atom is 0.308 e. The molecular formula is C13H23FO2. The third kappa shape index (κ3) is 3.76. The molecule has 1 aliphatic carbocycles. The number of hydrogen-bond donors (Lipinski definition) is 0. The zero-order valence-corrected chi connectivity index (χ0v) is 10.5. The third-order valence-corrected chi connectivity index (χ3v) is 3.54. The van der Waals surface area contributed by atoms with E-state index in [1.165, 1.54) is 6.42 Å². The molecule has 0 amide bonds. The molecular weight excluding hydrogens is 207 g/mol. The quantitative estimate of drug-likeness (QED) is 0.692. The van der Waals surface area contributed by atoms with Crippen LogP contribution in [0, 0.1) is 17.8 Å². The number of esters is 1. The molecule has 1 saturated carbocycles. The lowest BCUT2D eigenvalue weighted by Gasteiger charge is -2.36. The summed E-state index contributed by atoms with van der Waals surface area (Å²) >= 11 is 0. The minimum atomic E-state index is -0.618. The molecule has 2 nitrogen and oxygen atoms in total. The number of alkyl halides is 1. The van der Waals surface area contributed by atoms with Gasteiger partial charge < -0.3 is 4.74 Å². The van der Waals surface area contributed by atoms with Gasteiger partial charge in [0.1, 0.15) is 6.10 Å². The highest BCUT2D eigenvalue weighted by Gasteiger charge is 2.33. The van der Waals surface area contributed by atoms with Gasteiger partial charge in [0.2, 0.25) is 0 Å². The fourth-order valence-electron chi connectivity index (χ4n) is 2.56. The lowest BCUT2D eigenvalue weighted by molar-refractivity contribution is -0.156. The summed E-state index contributed by atoms with van der Waals surface area (Å²) in [5.74, 6) is 1.20. The standard InChI is InChI=1S/C13H23FO2/c1-9(2)11-5-4-10(3)8-12(11)16-13(15)6-7-14/h9-12H,4-8H2,1-3H3/t10-,11+,12-/m1/s1. The highest BCUT2D eigenvalue weighted by Crippen LogP contribution is 2.35. The molecule has 0 aromatic rings. The van der Waals surface area contributed by atoms with E-state index in [1.54, 1.807) is 0 Å². The smallest absolute Gasteiger partial charge is 0.308 e. The van der Waals surface area contributed by atoms with E-state index in [2.05, 4.69) is 20.8 Å². The third-order valence-electron chi connectivity index (χ3n) is 3.54. The van der Waals surface area contributed by atoms with Crippen LogP contribution in [-0.2, 0) is 9.53 Å². The zero-order chi connectivity index (χ0) is 12.1. The molecule has 0 radical (unpaired) electrons. The van der Waals surface area contributed by atoms with Gasteiger partial charge in [-0.2, -0.15) is 0 Å². The van der Waals surface area contributed by atoms with E-state index < -0.39 is 6.67 Å². The van der Waals surface area contributed by atoms with Gasteiger partial charge in [0.15, 0.2) is 0 Å². The minimum Gasteiger partial charge on any atom is -0.462 e. The topological polar surface area (TPSA) is 26.3 Å². The molecule has 0 aromatic carbocycles. The number of hydrogen-bond acceptors (Lipinski definition) is 2. The van der Waals surface area contributed by atoms with E-state index in [9.17, 15) is 9.18 Å². The van der Waals surface area contributed by atoms with Gasteiger partial charge in [-0.1, -0.05) is 27.2 Å². The molecule has 0 saturated heterocycles. The second kappa shape index (κ2) is 6.21. The first kappa shape index (κ1) is 13.5. The van der Waals surface area contributed by atoms with Gasteiger partial charge in [-0.05, 0) is 30.6 Å². The van der Waals surface area contributed by atoms with Crippen LogP contribution in [-0.4, -0.2) is 18.7 Å². The first-order chi connectivity index (χ1) is 7.54. The van der Waals surface area contributed by atoms with Gasteiger partial charge in [0, 0.05) is 0 Å². The molecule has 16 heavy (non-hydrogen) atoms. The van der Waals surface area contributed by atoms with Crippen LogP contribution in [0.3, 0.4) is 0 Å². The SMILES string of the molecule is CC(C)[C@@H]1CC[C@@H](C)C[C@H]1OC(=O)CCF. The summed E-state index contributed by atoms with van der Waals surface area (Å²) in [4.78, 5) is 11.3. The predicted molar refractivity (Wildman–Crippen MR) is 61.8 cm³/mol. The van der Waals surface area contributed by atoms with Crippen LogP contribution >= 0.6 is 0 Å². The molecule has 3 heteroatoms. The van der Waals surface area contributed by atoms with Crippen molar-refractivity contribution in [2.75, 3.05) is 6.67 Å². The Kier molecular flexibility index (Phi) is 5.23. The van der Waals surface area contributed by atoms with Gasteiger partial charge in [0.05, 0.1) is 13.1 Å². The summed E-state index contributed by atoms with van der Waals surface area (Å²) < 4.78 is 17.4. The average molecular weight is 230 g/mol. The molecule has 1 aliphatic rings. The van der Waals surface area contributed by atoms with Gasteiger partial charge in [0.25, 0.3) is 0 Å². The maximum atomic E-state index is 12.0. The molecule has 0 spiro atoms. The summed E-state index contributed by atoms with van der Waals surface area (Å²) in [5, 5.41) is 0. The Hall–Kier alpha value is -0.600. The highest BCUT2D eigenvalue weighted by molar-refractivity contribution is 5.69. The molecule has 0 aliphatic heterocycles. The van der Waals surface area contributed by atoms with Crippen molar-refractivity contribution in [2.24, 2.45) is 17.8 Å². The van der Waals surface area contributed by atoms with Gasteiger partial charge >= 0.3 is 5.97 Å². The van der Waals surface area contributed by atoms with E-state index >= 15 is 0 Å². The van der Waals surface area contributed by atoms with Crippen LogP contribution in [0.25, 0.3) is 0 Å². The van der Waals surface area contributed by atoms with Crippen molar-refractivity contribution in [3.8, 4) is 0 Å². The molecule has 0 N–H and O–H groups in total. The fraction of sp³-hybridized carbons (Fsp3) is 0.923. The van der Waals surface area contributed by atoms with Crippen molar-refractivity contribution in [3.05, 3.63) is 0 Å². The molecule has 0 unspecified atom stereocenters. The largest absolute Gasteiger partial charge is 0.462 e. The number of carbonyl (C=O) groups excluding carboxylic acids is 1. The van der Waals surface area contributed by atoms with Crippen molar-refractivity contribution < 1.29 is 13.9 Å². The van der Waals surface area contributed by atoms with Crippen molar-refractivity contribution in [3.63, 3.8) is 0 Å². The van der Waals surface area contributed by atoms with Crippen LogP contribution in [0.5, 0.6) is 0 Å². The Balaban J connectivity index is 2.54. The van der Waals surface area contributed by atoms with Gasteiger partial charge in [-0.3, -0.25) is 9.18 Å². The van der Waals surface area contributed by atoms with E-state index in [1.807, 2.05) is 0 Å². The summed E-state index contributed by atoms with van der Waals surface area (Å²) in [6.45, 7) is 5.90. The average Bonchev–Trinajstić information content (AvgIpc) is 2.17. The summed E-state index contributed by atoms with van der Waals surface area (Å²) in [7, 11) is 0. The van der Waals surface area contributed by atoms with E-state index in [-0.39, 0.29) is 18.5 Å². The maximum absolute atomic E-state index is 12.0. The lowest BCUT2D eigenvalue weighted by Crippen LogP contribution is -2.35. The number of ether oxygens (including phenoxy) is 1. The van der Waals surface area contributed by atoms with E-state index in [0.717, 1.165) is 12.8 Å². The Bertz CT molecular complexity index is 228. The lowest BCUT2D eigenvalue weighted by atomic mass is 9.75. The molecule has 0 heterocycles. The Morgan fingerprint density at radius 2 is 2.12 bits per heavy atom. The summed E-state index contributed by atoms with van der Waals surface area (Å²) in [6.07, 6.45) is 3.16. The summed E-state index contributed by atoms with van der Waals surface area (Å²) in [5.41, 5.74) is 0. The molecule has 0 bridgehead atoms. The van der Waals surface area contributed by atoms with Gasteiger partial charge in [-0.15, -0.1) is 0 Å². The first-order valence-corrected chi connectivity index (χ1v) is 6.30. The molecule has 1 rings (SSSR count). The monoisotopic (exact) mass is 230 g/mol. The van der Waals surface area contributed by atoms with E-state index in [4.69, 9.17) is 4.74 Å². The first-order valence-electron chi connectivity index (χ1n) is 6.30. The highest BCUT2D eigenvalue weighted by atomic mass is 19.1. The second-order valence-corrected chi connectivity index (χ2v) is 5.29. The Morgan fingerprint density at radius 3 is 2.69 bits per heavy atom. The van der Waals surface area contributed by atoms with Gasteiger partial charge in [-0.25, -0.2) is 0 Å². The van der Waals surface area contributed by atoms with Crippen LogP contribution in [0.1, 0.15) is 46.5 Å². The van der Waals surface area contributed by atoms with Crippen LogP contribution in [0.4, 0.5) is 4.39 Å². The Labute approximate surface area is 97.6 Å². The van der Waals surface area contributed by atoms with Crippen molar-refractivity contribution >= 4 is 5.97 Å². The van der Waals surface area contributed by atoms with E-state index in [0.29, 0.717) is 17.8 Å². The van der Waals surface area contributed by atoms with Crippen molar-refractivity contribution in [1.82, 2.24) is 0 Å². The zero-order valence-electron chi connectivity index (χ0n) is 10.5.